The van der Waals surface area contributed by atoms with Gasteiger partial charge in [-0.2, -0.15) is 0 Å². The van der Waals surface area contributed by atoms with Crippen LogP contribution >= 0.6 is 0 Å². The van der Waals surface area contributed by atoms with Gasteiger partial charge in [-0.15, -0.1) is 0 Å². The molecular formula is C10H13FN2O5. The van der Waals surface area contributed by atoms with Crippen molar-refractivity contribution in [3.05, 3.63) is 32.6 Å². The second-order valence-corrected chi connectivity index (χ2v) is 4.20. The van der Waals surface area contributed by atoms with Gasteiger partial charge >= 0.3 is 5.69 Å². The van der Waals surface area contributed by atoms with E-state index in [4.69, 9.17) is 4.74 Å². The van der Waals surface area contributed by atoms with Gasteiger partial charge in [0.25, 0.3) is 5.56 Å². The van der Waals surface area contributed by atoms with Crippen molar-refractivity contribution in [3.8, 4) is 0 Å². The molecule has 1 saturated heterocycles. The number of nitrogens with zero attached hydrogens (tertiary/aromatic N) is 1. The van der Waals surface area contributed by atoms with E-state index in [0.717, 1.165) is 10.8 Å². The van der Waals surface area contributed by atoms with E-state index in [-0.39, 0.29) is 12.2 Å². The van der Waals surface area contributed by atoms with Crippen LogP contribution in [0.4, 0.5) is 4.39 Å². The fraction of sp³-hybridized carbons (Fsp3) is 0.600. The van der Waals surface area contributed by atoms with Crippen molar-refractivity contribution < 1.29 is 19.3 Å². The van der Waals surface area contributed by atoms with Crippen LogP contribution in [0.15, 0.2) is 15.8 Å². The first-order valence-corrected chi connectivity index (χ1v) is 5.35. The number of aliphatic hydroxyl groups excluding tert-OH is 2. The van der Waals surface area contributed by atoms with Gasteiger partial charge in [0.15, 0.2) is 12.4 Å². The smallest absolute Gasteiger partial charge is 0.330 e. The minimum atomic E-state index is -1.96. The molecule has 2 rings (SSSR count). The molecule has 100 valence electrons. The molecule has 18 heavy (non-hydrogen) atoms. The van der Waals surface area contributed by atoms with Crippen molar-refractivity contribution in [3.63, 3.8) is 0 Å². The number of hydrogen-bond donors (Lipinski definition) is 3. The number of aryl methyl sites for hydroxylation is 1. The van der Waals surface area contributed by atoms with E-state index in [0.29, 0.717) is 0 Å². The molecule has 1 aromatic rings. The summed E-state index contributed by atoms with van der Waals surface area (Å²) in [7, 11) is 0. The molecule has 1 aromatic heterocycles. The average molecular weight is 260 g/mol. The molecule has 0 aromatic carbocycles. The molecule has 8 heteroatoms. The highest BCUT2D eigenvalue weighted by Gasteiger charge is 2.40. The highest BCUT2D eigenvalue weighted by Crippen LogP contribution is 2.25. The Morgan fingerprint density at radius 2 is 2.17 bits per heavy atom. The fourth-order valence-corrected chi connectivity index (χ4v) is 1.78. The zero-order valence-electron chi connectivity index (χ0n) is 9.54. The maximum absolute atomic E-state index is 13.8. The zero-order chi connectivity index (χ0) is 13.4. The Hall–Kier alpha value is -1.51. The maximum atomic E-state index is 13.8. The lowest BCUT2D eigenvalue weighted by atomic mass is 10.1. The number of H-pyrrole nitrogens is 1. The molecular weight excluding hydrogens is 247 g/mol. The number of aliphatic hydroxyl groups is 2. The van der Waals surface area contributed by atoms with Gasteiger partial charge < -0.3 is 14.9 Å². The van der Waals surface area contributed by atoms with Crippen molar-refractivity contribution in [2.75, 3.05) is 6.61 Å². The van der Waals surface area contributed by atoms with E-state index in [1.54, 1.807) is 0 Å². The molecule has 1 fully saturated rings. The van der Waals surface area contributed by atoms with Crippen LogP contribution in [0, 0.1) is 6.92 Å². The van der Waals surface area contributed by atoms with Crippen LogP contribution in [0.2, 0.25) is 0 Å². The molecule has 1 aliphatic heterocycles. The summed E-state index contributed by atoms with van der Waals surface area (Å²) in [5, 5.41) is 18.6. The largest absolute Gasteiger partial charge is 0.388 e. The number of rotatable bonds is 1. The van der Waals surface area contributed by atoms with Crippen LogP contribution in [0.3, 0.4) is 0 Å². The first kappa shape index (κ1) is 12.9. The number of aromatic amines is 1. The molecule has 0 spiro atoms. The normalized spacial score (nSPS) is 32.4. The summed E-state index contributed by atoms with van der Waals surface area (Å²) >= 11 is 0. The van der Waals surface area contributed by atoms with Gasteiger partial charge in [-0.3, -0.25) is 14.3 Å². The Kier molecular flexibility index (Phi) is 3.33. The van der Waals surface area contributed by atoms with Gasteiger partial charge in [0.2, 0.25) is 0 Å². The monoisotopic (exact) mass is 260 g/mol. The van der Waals surface area contributed by atoms with Crippen molar-refractivity contribution in [1.82, 2.24) is 9.55 Å². The molecule has 7 nitrogen and oxygen atoms in total. The number of aromatic nitrogens is 2. The van der Waals surface area contributed by atoms with Crippen LogP contribution in [0.5, 0.6) is 0 Å². The first-order chi connectivity index (χ1) is 8.41. The summed E-state index contributed by atoms with van der Waals surface area (Å²) in [6, 6.07) is 0. The average Bonchev–Trinajstić information content (AvgIpc) is 2.32. The predicted octanol–water partition coefficient (Wildman–Crippen LogP) is -1.57. The molecule has 0 bridgehead atoms. The standard InChI is InChI=1S/C10H13FN2O5/c1-4-2-13(10(17)12-8(4)16)9-6(11)7(15)5(14)3-18-9/h2,5-7,9,14-15H,3H2,1H3,(H,12,16,17)/t5-,6+,7-,9-/m1/s1. The van der Waals surface area contributed by atoms with Gasteiger partial charge in [-0.25, -0.2) is 9.18 Å². The van der Waals surface area contributed by atoms with Crippen LogP contribution < -0.4 is 11.2 Å². The molecule has 1 aliphatic rings. The second kappa shape index (κ2) is 4.63. The summed E-state index contributed by atoms with van der Waals surface area (Å²) < 4.78 is 19.7. The lowest BCUT2D eigenvalue weighted by Gasteiger charge is -2.34. The Bertz CT molecular complexity index is 554. The first-order valence-electron chi connectivity index (χ1n) is 5.35. The highest BCUT2D eigenvalue weighted by atomic mass is 19.1. The van der Waals surface area contributed by atoms with Crippen LogP contribution in [-0.4, -0.2) is 44.8 Å². The number of ether oxygens (including phenoxy) is 1. The minimum Gasteiger partial charge on any atom is -0.388 e. The van der Waals surface area contributed by atoms with E-state index < -0.39 is 35.9 Å². The van der Waals surface area contributed by atoms with E-state index in [2.05, 4.69) is 0 Å². The highest BCUT2D eigenvalue weighted by molar-refractivity contribution is 5.02. The summed E-state index contributed by atoms with van der Waals surface area (Å²) in [6.45, 7) is 1.16. The van der Waals surface area contributed by atoms with Gasteiger partial charge in [-0.05, 0) is 6.92 Å². The van der Waals surface area contributed by atoms with Gasteiger partial charge in [-0.1, -0.05) is 0 Å². The third kappa shape index (κ3) is 2.09. The molecule has 0 aliphatic carbocycles. The van der Waals surface area contributed by atoms with Crippen LogP contribution in [0.25, 0.3) is 0 Å². The third-order valence-corrected chi connectivity index (χ3v) is 2.85. The summed E-state index contributed by atoms with van der Waals surface area (Å²) in [6.07, 6.45) is -5.15. The van der Waals surface area contributed by atoms with Crippen molar-refractivity contribution in [2.45, 2.75) is 31.5 Å². The number of hydrogen-bond acceptors (Lipinski definition) is 5. The number of alkyl halides is 1. The number of nitrogens with one attached hydrogen (secondary N) is 1. The van der Waals surface area contributed by atoms with Crippen molar-refractivity contribution in [1.29, 1.82) is 0 Å². The Labute approximate surface area is 100 Å². The van der Waals surface area contributed by atoms with E-state index in [1.165, 1.54) is 6.92 Å². The summed E-state index contributed by atoms with van der Waals surface area (Å²) in [5.74, 6) is 0. The number of halogens is 1. The topological polar surface area (TPSA) is 105 Å². The maximum Gasteiger partial charge on any atom is 0.330 e. The summed E-state index contributed by atoms with van der Waals surface area (Å²) in [5.41, 5.74) is -1.18. The van der Waals surface area contributed by atoms with Gasteiger partial charge in [0.05, 0.1) is 6.61 Å². The van der Waals surface area contributed by atoms with E-state index >= 15 is 0 Å². The van der Waals surface area contributed by atoms with Crippen molar-refractivity contribution in [2.24, 2.45) is 0 Å². The lowest BCUT2D eigenvalue weighted by Crippen LogP contribution is -2.51. The Balaban J connectivity index is 2.41. The second-order valence-electron chi connectivity index (χ2n) is 4.20. The molecule has 2 heterocycles. The Morgan fingerprint density at radius 1 is 1.50 bits per heavy atom. The molecule has 0 saturated carbocycles. The Morgan fingerprint density at radius 3 is 2.83 bits per heavy atom. The van der Waals surface area contributed by atoms with E-state index in [1.807, 2.05) is 4.98 Å². The van der Waals surface area contributed by atoms with E-state index in [9.17, 15) is 24.2 Å². The minimum absolute atomic E-state index is 0.214. The fourth-order valence-electron chi connectivity index (χ4n) is 1.78. The molecule has 0 unspecified atom stereocenters. The van der Waals surface area contributed by atoms with Crippen LogP contribution in [0.1, 0.15) is 11.8 Å². The molecule has 3 N–H and O–H groups in total. The van der Waals surface area contributed by atoms with Crippen LogP contribution in [-0.2, 0) is 4.74 Å². The SMILES string of the molecule is Cc1cn([C@@H]2OC[C@@H](O)[C@@H](O)[C@@H]2F)c(=O)[nH]c1=O. The van der Waals surface area contributed by atoms with Gasteiger partial charge in [0, 0.05) is 11.8 Å². The molecule has 4 atom stereocenters. The quantitative estimate of drug-likeness (QED) is 0.566. The molecule has 0 amide bonds. The third-order valence-electron chi connectivity index (χ3n) is 2.85. The zero-order valence-corrected chi connectivity index (χ0v) is 9.54. The van der Waals surface area contributed by atoms with Gasteiger partial charge in [0.1, 0.15) is 12.2 Å². The predicted molar refractivity (Wildman–Crippen MR) is 58.0 cm³/mol. The molecule has 0 radical (unpaired) electrons. The summed E-state index contributed by atoms with van der Waals surface area (Å²) in [4.78, 5) is 24.7. The lowest BCUT2D eigenvalue weighted by molar-refractivity contribution is -0.190. The van der Waals surface area contributed by atoms with Crippen molar-refractivity contribution >= 4 is 0 Å².